The Balaban J connectivity index is 1.85. The molecule has 2 unspecified atom stereocenters. The molecule has 0 radical (unpaired) electrons. The van der Waals surface area contributed by atoms with Gasteiger partial charge in [0.15, 0.2) is 0 Å². The molecule has 0 saturated carbocycles. The van der Waals surface area contributed by atoms with Crippen molar-refractivity contribution in [1.82, 2.24) is 5.32 Å². The summed E-state index contributed by atoms with van der Waals surface area (Å²) in [6.45, 7) is 10.2. The van der Waals surface area contributed by atoms with Crippen LogP contribution in [0.25, 0.3) is 0 Å². The topological polar surface area (TPSA) is 30.5 Å². The smallest absolute Gasteiger partial charge is 0.0809 e. The maximum absolute atomic E-state index is 5.61. The Bertz CT molecular complexity index is 179. The summed E-state index contributed by atoms with van der Waals surface area (Å²) >= 11 is 0. The van der Waals surface area contributed by atoms with Gasteiger partial charge in [-0.1, -0.05) is 13.8 Å². The number of rotatable bonds is 9. The molecular weight excluding hydrogens is 214 g/mol. The first-order valence-electron chi connectivity index (χ1n) is 7.11. The van der Waals surface area contributed by atoms with E-state index in [4.69, 9.17) is 9.47 Å². The second-order valence-corrected chi connectivity index (χ2v) is 5.54. The molecule has 2 atom stereocenters. The zero-order valence-corrected chi connectivity index (χ0v) is 11.7. The van der Waals surface area contributed by atoms with Gasteiger partial charge in [0, 0.05) is 19.2 Å². The standard InChI is InChI=1S/C14H29NO2/c1-12(2)6-7-13(3)15-8-10-16-11-14-5-4-9-17-14/h12-15H,4-11H2,1-3H3. The molecule has 1 aliphatic heterocycles. The van der Waals surface area contributed by atoms with Crippen LogP contribution in [0, 0.1) is 5.92 Å². The van der Waals surface area contributed by atoms with Crippen molar-refractivity contribution in [2.24, 2.45) is 5.92 Å². The molecule has 0 spiro atoms. The van der Waals surface area contributed by atoms with E-state index >= 15 is 0 Å². The summed E-state index contributed by atoms with van der Waals surface area (Å²) in [6, 6.07) is 0.601. The molecule has 1 fully saturated rings. The van der Waals surface area contributed by atoms with Gasteiger partial charge in [-0.2, -0.15) is 0 Å². The van der Waals surface area contributed by atoms with Crippen LogP contribution in [-0.4, -0.2) is 38.5 Å². The lowest BCUT2D eigenvalue weighted by Crippen LogP contribution is -2.30. The SMILES string of the molecule is CC(C)CCC(C)NCCOCC1CCCO1. The first-order chi connectivity index (χ1) is 8.18. The van der Waals surface area contributed by atoms with Gasteiger partial charge in [0.25, 0.3) is 0 Å². The average Bonchev–Trinajstić information content (AvgIpc) is 2.79. The third-order valence-corrected chi connectivity index (χ3v) is 3.24. The van der Waals surface area contributed by atoms with Gasteiger partial charge in [0.2, 0.25) is 0 Å². The minimum absolute atomic E-state index is 0.355. The van der Waals surface area contributed by atoms with Gasteiger partial charge in [-0.25, -0.2) is 0 Å². The summed E-state index contributed by atoms with van der Waals surface area (Å²) < 4.78 is 11.1. The van der Waals surface area contributed by atoms with E-state index in [1.54, 1.807) is 0 Å². The van der Waals surface area contributed by atoms with Gasteiger partial charge in [0.05, 0.1) is 19.3 Å². The predicted octanol–water partition coefficient (Wildman–Crippen LogP) is 2.60. The molecule has 0 aromatic carbocycles. The third kappa shape index (κ3) is 7.74. The van der Waals surface area contributed by atoms with Crippen molar-refractivity contribution in [3.05, 3.63) is 0 Å². The largest absolute Gasteiger partial charge is 0.377 e. The van der Waals surface area contributed by atoms with Crippen LogP contribution in [0.5, 0.6) is 0 Å². The molecule has 1 rings (SSSR count). The van der Waals surface area contributed by atoms with E-state index in [2.05, 4.69) is 26.1 Å². The Morgan fingerprint density at radius 1 is 1.29 bits per heavy atom. The Hall–Kier alpha value is -0.120. The van der Waals surface area contributed by atoms with Crippen molar-refractivity contribution in [1.29, 1.82) is 0 Å². The van der Waals surface area contributed by atoms with Crippen LogP contribution in [-0.2, 0) is 9.47 Å². The summed E-state index contributed by atoms with van der Waals surface area (Å²) in [5.41, 5.74) is 0. The molecule has 17 heavy (non-hydrogen) atoms. The Kier molecular flexibility index (Phi) is 7.82. The highest BCUT2D eigenvalue weighted by molar-refractivity contribution is 4.64. The number of ether oxygens (including phenoxy) is 2. The summed E-state index contributed by atoms with van der Waals surface area (Å²) in [5.74, 6) is 0.801. The lowest BCUT2D eigenvalue weighted by atomic mass is 10.0. The molecule has 1 N–H and O–H groups in total. The zero-order valence-electron chi connectivity index (χ0n) is 11.7. The fraction of sp³-hybridized carbons (Fsp3) is 1.00. The molecule has 102 valence electrons. The molecule has 1 aliphatic rings. The molecule has 0 aromatic rings. The van der Waals surface area contributed by atoms with Crippen LogP contribution in [0.3, 0.4) is 0 Å². The first kappa shape index (κ1) is 14.9. The van der Waals surface area contributed by atoms with Crippen molar-refractivity contribution in [2.45, 2.75) is 58.6 Å². The predicted molar refractivity (Wildman–Crippen MR) is 71.3 cm³/mol. The van der Waals surface area contributed by atoms with Crippen LogP contribution < -0.4 is 5.32 Å². The van der Waals surface area contributed by atoms with E-state index < -0.39 is 0 Å². The molecule has 1 saturated heterocycles. The maximum atomic E-state index is 5.61. The van der Waals surface area contributed by atoms with Crippen LogP contribution in [0.2, 0.25) is 0 Å². The van der Waals surface area contributed by atoms with Crippen molar-refractivity contribution in [3.63, 3.8) is 0 Å². The summed E-state index contributed by atoms with van der Waals surface area (Å²) in [6.07, 6.45) is 5.26. The van der Waals surface area contributed by atoms with Gasteiger partial charge in [-0.15, -0.1) is 0 Å². The molecule has 0 amide bonds. The maximum Gasteiger partial charge on any atom is 0.0809 e. The van der Waals surface area contributed by atoms with E-state index in [1.165, 1.54) is 19.3 Å². The van der Waals surface area contributed by atoms with Crippen LogP contribution in [0.4, 0.5) is 0 Å². The Morgan fingerprint density at radius 2 is 2.12 bits per heavy atom. The number of hydrogen-bond acceptors (Lipinski definition) is 3. The minimum Gasteiger partial charge on any atom is -0.377 e. The highest BCUT2D eigenvalue weighted by atomic mass is 16.5. The molecule has 3 nitrogen and oxygen atoms in total. The van der Waals surface area contributed by atoms with Crippen molar-refractivity contribution in [2.75, 3.05) is 26.4 Å². The molecular formula is C14H29NO2. The molecule has 3 heteroatoms. The lowest BCUT2D eigenvalue weighted by molar-refractivity contribution is 0.0179. The van der Waals surface area contributed by atoms with Crippen LogP contribution >= 0.6 is 0 Å². The lowest BCUT2D eigenvalue weighted by Gasteiger charge is -2.15. The minimum atomic E-state index is 0.355. The monoisotopic (exact) mass is 243 g/mol. The second-order valence-electron chi connectivity index (χ2n) is 5.54. The number of nitrogens with one attached hydrogen (secondary N) is 1. The average molecular weight is 243 g/mol. The summed E-state index contributed by atoms with van der Waals surface area (Å²) in [4.78, 5) is 0. The highest BCUT2D eigenvalue weighted by Crippen LogP contribution is 2.11. The summed E-state index contributed by atoms with van der Waals surface area (Å²) in [7, 11) is 0. The molecule has 0 bridgehead atoms. The fourth-order valence-corrected chi connectivity index (χ4v) is 2.05. The van der Waals surface area contributed by atoms with Gasteiger partial charge in [-0.3, -0.25) is 0 Å². The zero-order chi connectivity index (χ0) is 12.5. The first-order valence-corrected chi connectivity index (χ1v) is 7.11. The van der Waals surface area contributed by atoms with E-state index in [0.717, 1.165) is 38.7 Å². The Morgan fingerprint density at radius 3 is 2.76 bits per heavy atom. The Labute approximate surface area is 106 Å². The van der Waals surface area contributed by atoms with Gasteiger partial charge < -0.3 is 14.8 Å². The fourth-order valence-electron chi connectivity index (χ4n) is 2.05. The number of hydrogen-bond donors (Lipinski definition) is 1. The quantitative estimate of drug-likeness (QED) is 0.631. The second kappa shape index (κ2) is 8.90. The van der Waals surface area contributed by atoms with E-state index in [-0.39, 0.29) is 0 Å². The third-order valence-electron chi connectivity index (χ3n) is 3.24. The van der Waals surface area contributed by atoms with Gasteiger partial charge >= 0.3 is 0 Å². The van der Waals surface area contributed by atoms with Crippen molar-refractivity contribution in [3.8, 4) is 0 Å². The van der Waals surface area contributed by atoms with Gasteiger partial charge in [0.1, 0.15) is 0 Å². The summed E-state index contributed by atoms with van der Waals surface area (Å²) in [5, 5.41) is 3.50. The van der Waals surface area contributed by atoms with Crippen molar-refractivity contribution < 1.29 is 9.47 Å². The van der Waals surface area contributed by atoms with Gasteiger partial charge in [-0.05, 0) is 38.5 Å². The van der Waals surface area contributed by atoms with E-state index in [1.807, 2.05) is 0 Å². The van der Waals surface area contributed by atoms with Crippen LogP contribution in [0.1, 0.15) is 46.5 Å². The van der Waals surface area contributed by atoms with Crippen molar-refractivity contribution >= 4 is 0 Å². The highest BCUT2D eigenvalue weighted by Gasteiger charge is 2.14. The molecule has 0 aromatic heterocycles. The molecule has 0 aliphatic carbocycles. The van der Waals surface area contributed by atoms with Crippen LogP contribution in [0.15, 0.2) is 0 Å². The van der Waals surface area contributed by atoms with E-state index in [0.29, 0.717) is 12.1 Å². The van der Waals surface area contributed by atoms with E-state index in [9.17, 15) is 0 Å². The molecule has 1 heterocycles. The normalized spacial score (nSPS) is 22.2.